The van der Waals surface area contributed by atoms with E-state index in [1.807, 2.05) is 42.5 Å². The molecule has 2 rings (SSSR count). The Balaban J connectivity index is 2.36. The van der Waals surface area contributed by atoms with Gasteiger partial charge in [0.15, 0.2) is 23.0 Å². The molecule has 126 valence electrons. The third-order valence-electron chi connectivity index (χ3n) is 3.34. The molecule has 2 aromatic rings. The van der Waals surface area contributed by atoms with Gasteiger partial charge >= 0.3 is 5.97 Å². The first kappa shape index (κ1) is 17.4. The molecule has 0 atom stereocenters. The van der Waals surface area contributed by atoms with E-state index in [1.165, 1.54) is 14.0 Å². The summed E-state index contributed by atoms with van der Waals surface area (Å²) in [5, 5.41) is 0. The number of para-hydroxylation sites is 1. The van der Waals surface area contributed by atoms with Gasteiger partial charge in [-0.2, -0.15) is 0 Å². The molecule has 0 aliphatic carbocycles. The van der Waals surface area contributed by atoms with Crippen LogP contribution in [-0.4, -0.2) is 27.3 Å². The first-order chi connectivity index (χ1) is 11.6. The van der Waals surface area contributed by atoms with Gasteiger partial charge in [-0.3, -0.25) is 4.79 Å². The van der Waals surface area contributed by atoms with Crippen LogP contribution in [0.2, 0.25) is 0 Å². The van der Waals surface area contributed by atoms with Gasteiger partial charge in [-0.1, -0.05) is 30.4 Å². The SMILES string of the molecule is COc1ccc(C=Cc2cccc(OC)c2OC(C)=O)cc1OC. The summed E-state index contributed by atoms with van der Waals surface area (Å²) < 4.78 is 21.1. The minimum Gasteiger partial charge on any atom is -0.493 e. The van der Waals surface area contributed by atoms with Crippen LogP contribution >= 0.6 is 0 Å². The van der Waals surface area contributed by atoms with E-state index < -0.39 is 5.97 Å². The van der Waals surface area contributed by atoms with E-state index in [0.29, 0.717) is 23.0 Å². The summed E-state index contributed by atoms with van der Waals surface area (Å²) in [5.74, 6) is 1.80. The van der Waals surface area contributed by atoms with Crippen LogP contribution in [0.15, 0.2) is 36.4 Å². The summed E-state index contributed by atoms with van der Waals surface area (Å²) in [4.78, 5) is 11.3. The van der Waals surface area contributed by atoms with Gasteiger partial charge in [0.05, 0.1) is 21.3 Å². The molecular weight excluding hydrogens is 308 g/mol. The maximum absolute atomic E-state index is 11.3. The molecule has 5 heteroatoms. The van der Waals surface area contributed by atoms with E-state index in [4.69, 9.17) is 18.9 Å². The third-order valence-corrected chi connectivity index (χ3v) is 3.34. The Hall–Kier alpha value is -2.95. The summed E-state index contributed by atoms with van der Waals surface area (Å²) >= 11 is 0. The fraction of sp³-hybridized carbons (Fsp3) is 0.211. The quantitative estimate of drug-likeness (QED) is 0.458. The molecule has 0 saturated heterocycles. The van der Waals surface area contributed by atoms with Gasteiger partial charge in [-0.15, -0.1) is 0 Å². The van der Waals surface area contributed by atoms with Crippen molar-refractivity contribution < 1.29 is 23.7 Å². The largest absolute Gasteiger partial charge is 0.493 e. The summed E-state index contributed by atoms with van der Waals surface area (Å²) in [6, 6.07) is 11.0. The van der Waals surface area contributed by atoms with E-state index >= 15 is 0 Å². The summed E-state index contributed by atoms with van der Waals surface area (Å²) in [7, 11) is 4.71. The molecule has 0 aliphatic rings. The molecule has 5 nitrogen and oxygen atoms in total. The smallest absolute Gasteiger partial charge is 0.308 e. The van der Waals surface area contributed by atoms with Crippen molar-refractivity contribution in [2.45, 2.75) is 6.92 Å². The van der Waals surface area contributed by atoms with Crippen LogP contribution in [0.1, 0.15) is 18.1 Å². The van der Waals surface area contributed by atoms with Gasteiger partial charge in [0.2, 0.25) is 0 Å². The second kappa shape index (κ2) is 8.06. The molecule has 0 spiro atoms. The van der Waals surface area contributed by atoms with Gasteiger partial charge in [0.25, 0.3) is 0 Å². The number of hydrogen-bond acceptors (Lipinski definition) is 5. The van der Waals surface area contributed by atoms with Crippen molar-refractivity contribution in [1.29, 1.82) is 0 Å². The highest BCUT2D eigenvalue weighted by Gasteiger charge is 2.11. The minimum absolute atomic E-state index is 0.393. The lowest BCUT2D eigenvalue weighted by Gasteiger charge is -2.11. The summed E-state index contributed by atoms with van der Waals surface area (Å²) in [5.41, 5.74) is 1.66. The average Bonchev–Trinajstić information content (AvgIpc) is 2.59. The Kier molecular flexibility index (Phi) is 5.84. The van der Waals surface area contributed by atoms with Crippen molar-refractivity contribution in [3.8, 4) is 23.0 Å². The lowest BCUT2D eigenvalue weighted by molar-refractivity contribution is -0.132. The predicted octanol–water partition coefficient (Wildman–Crippen LogP) is 3.81. The Morgan fingerprint density at radius 2 is 1.58 bits per heavy atom. The fourth-order valence-electron chi connectivity index (χ4n) is 2.22. The number of carbonyl (C=O) groups excluding carboxylic acids is 1. The van der Waals surface area contributed by atoms with E-state index in [-0.39, 0.29) is 0 Å². The highest BCUT2D eigenvalue weighted by atomic mass is 16.6. The number of benzene rings is 2. The predicted molar refractivity (Wildman–Crippen MR) is 92.8 cm³/mol. The third kappa shape index (κ3) is 4.07. The highest BCUT2D eigenvalue weighted by molar-refractivity contribution is 5.78. The highest BCUT2D eigenvalue weighted by Crippen LogP contribution is 2.33. The molecular formula is C19H20O5. The van der Waals surface area contributed by atoms with Gasteiger partial charge in [-0.25, -0.2) is 0 Å². The zero-order valence-electron chi connectivity index (χ0n) is 14.2. The van der Waals surface area contributed by atoms with Gasteiger partial charge < -0.3 is 18.9 Å². The van der Waals surface area contributed by atoms with Gasteiger partial charge in [0, 0.05) is 12.5 Å². The molecule has 0 amide bonds. The average molecular weight is 328 g/mol. The maximum atomic E-state index is 11.3. The number of ether oxygens (including phenoxy) is 4. The number of esters is 1. The number of carbonyl (C=O) groups is 1. The van der Waals surface area contributed by atoms with Crippen LogP contribution in [-0.2, 0) is 4.79 Å². The van der Waals surface area contributed by atoms with Crippen molar-refractivity contribution in [3.05, 3.63) is 47.5 Å². The van der Waals surface area contributed by atoms with E-state index in [9.17, 15) is 4.79 Å². The van der Waals surface area contributed by atoms with Crippen LogP contribution in [0.5, 0.6) is 23.0 Å². The number of rotatable bonds is 6. The summed E-state index contributed by atoms with van der Waals surface area (Å²) in [6.07, 6.45) is 3.74. The Bertz CT molecular complexity index is 749. The van der Waals surface area contributed by atoms with Crippen LogP contribution in [0, 0.1) is 0 Å². The zero-order valence-corrected chi connectivity index (χ0v) is 14.2. The Morgan fingerprint density at radius 1 is 0.875 bits per heavy atom. The molecule has 0 bridgehead atoms. The monoisotopic (exact) mass is 328 g/mol. The number of methoxy groups -OCH3 is 3. The minimum atomic E-state index is -0.403. The van der Waals surface area contributed by atoms with Crippen LogP contribution in [0.3, 0.4) is 0 Å². The van der Waals surface area contributed by atoms with Gasteiger partial charge in [0.1, 0.15) is 0 Å². The van der Waals surface area contributed by atoms with Crippen molar-refractivity contribution in [1.82, 2.24) is 0 Å². The van der Waals surface area contributed by atoms with Crippen molar-refractivity contribution >= 4 is 18.1 Å². The second-order valence-corrected chi connectivity index (χ2v) is 4.92. The molecule has 0 unspecified atom stereocenters. The molecule has 24 heavy (non-hydrogen) atoms. The summed E-state index contributed by atoms with van der Waals surface area (Å²) in [6.45, 7) is 1.36. The first-order valence-corrected chi connectivity index (χ1v) is 7.34. The zero-order chi connectivity index (χ0) is 17.5. The van der Waals surface area contributed by atoms with Crippen LogP contribution in [0.25, 0.3) is 12.2 Å². The fourth-order valence-corrected chi connectivity index (χ4v) is 2.22. The lowest BCUT2D eigenvalue weighted by atomic mass is 10.1. The number of hydrogen-bond donors (Lipinski definition) is 0. The maximum Gasteiger partial charge on any atom is 0.308 e. The normalized spacial score (nSPS) is 10.5. The van der Waals surface area contributed by atoms with Crippen molar-refractivity contribution in [2.75, 3.05) is 21.3 Å². The topological polar surface area (TPSA) is 54.0 Å². The lowest BCUT2D eigenvalue weighted by Crippen LogP contribution is -2.04. The molecule has 0 fully saturated rings. The molecule has 2 aromatic carbocycles. The van der Waals surface area contributed by atoms with E-state index in [0.717, 1.165) is 11.1 Å². The molecule has 0 aromatic heterocycles. The Labute approximate surface area is 141 Å². The molecule has 0 N–H and O–H groups in total. The molecule has 0 aliphatic heterocycles. The standard InChI is InChI=1S/C19H20O5/c1-13(20)24-19-15(6-5-7-17(19)22-3)10-8-14-9-11-16(21-2)18(12-14)23-4/h5-12H,1-4H3. The second-order valence-electron chi connectivity index (χ2n) is 4.92. The molecule has 0 radical (unpaired) electrons. The first-order valence-electron chi connectivity index (χ1n) is 7.34. The Morgan fingerprint density at radius 3 is 2.21 bits per heavy atom. The van der Waals surface area contributed by atoms with Gasteiger partial charge in [-0.05, 0) is 23.8 Å². The van der Waals surface area contributed by atoms with E-state index in [1.54, 1.807) is 20.3 Å². The molecule has 0 saturated carbocycles. The van der Waals surface area contributed by atoms with Crippen molar-refractivity contribution in [3.63, 3.8) is 0 Å². The van der Waals surface area contributed by atoms with Crippen LogP contribution in [0.4, 0.5) is 0 Å². The van der Waals surface area contributed by atoms with Crippen LogP contribution < -0.4 is 18.9 Å². The van der Waals surface area contributed by atoms with Crippen molar-refractivity contribution in [2.24, 2.45) is 0 Å². The van der Waals surface area contributed by atoms with E-state index in [2.05, 4.69) is 0 Å². The molecule has 0 heterocycles.